The van der Waals surface area contributed by atoms with Gasteiger partial charge in [-0.1, -0.05) is 18.2 Å². The number of pyridine rings is 1. The van der Waals surface area contributed by atoms with Crippen molar-refractivity contribution in [2.45, 2.75) is 13.0 Å². The van der Waals surface area contributed by atoms with Gasteiger partial charge in [-0.15, -0.1) is 0 Å². The van der Waals surface area contributed by atoms with Crippen molar-refractivity contribution in [2.24, 2.45) is 0 Å². The maximum atomic E-state index is 4.42. The number of aromatic nitrogens is 3. The Morgan fingerprint density at radius 1 is 1.10 bits per heavy atom. The molecule has 0 aliphatic heterocycles. The summed E-state index contributed by atoms with van der Waals surface area (Å²) in [5, 5.41) is 7.83. The zero-order valence-electron chi connectivity index (χ0n) is 11.6. The maximum absolute atomic E-state index is 4.42. The highest BCUT2D eigenvalue weighted by atomic mass is 79.9. The summed E-state index contributed by atoms with van der Waals surface area (Å²) in [6.45, 7) is 2.11. The van der Waals surface area contributed by atoms with Crippen LogP contribution in [0.1, 0.15) is 18.5 Å². The van der Waals surface area contributed by atoms with E-state index in [1.54, 1.807) is 0 Å². The number of nitrogens with one attached hydrogen (secondary N) is 1. The second kappa shape index (κ2) is 6.10. The van der Waals surface area contributed by atoms with E-state index in [1.165, 1.54) is 0 Å². The van der Waals surface area contributed by atoms with Gasteiger partial charge < -0.3 is 5.32 Å². The topological polar surface area (TPSA) is 42.7 Å². The molecule has 3 rings (SSSR count). The highest BCUT2D eigenvalue weighted by Crippen LogP contribution is 2.20. The Morgan fingerprint density at radius 3 is 2.62 bits per heavy atom. The fourth-order valence-electron chi connectivity index (χ4n) is 2.08. The third kappa shape index (κ3) is 3.31. The Bertz CT molecular complexity index is 707. The zero-order chi connectivity index (χ0) is 14.7. The number of benzene rings is 1. The molecule has 2 aromatic heterocycles. The predicted octanol–water partition coefficient (Wildman–Crippen LogP) is 4.20. The summed E-state index contributed by atoms with van der Waals surface area (Å²) in [7, 11) is 0. The van der Waals surface area contributed by atoms with E-state index >= 15 is 0 Å². The van der Waals surface area contributed by atoms with E-state index in [0.29, 0.717) is 0 Å². The van der Waals surface area contributed by atoms with E-state index in [4.69, 9.17) is 0 Å². The van der Waals surface area contributed by atoms with Crippen molar-refractivity contribution >= 4 is 21.6 Å². The third-order valence-corrected chi connectivity index (χ3v) is 3.70. The number of para-hydroxylation sites is 1. The normalized spacial score (nSPS) is 12.1. The minimum absolute atomic E-state index is 0.158. The van der Waals surface area contributed by atoms with Crippen LogP contribution in [-0.4, -0.2) is 14.8 Å². The molecule has 106 valence electrons. The number of rotatable bonds is 4. The second-order valence-electron chi connectivity index (χ2n) is 4.79. The Hall–Kier alpha value is -2.14. The van der Waals surface area contributed by atoms with Crippen LogP contribution in [0.5, 0.6) is 0 Å². The molecule has 4 nitrogen and oxygen atoms in total. The Labute approximate surface area is 132 Å². The van der Waals surface area contributed by atoms with Crippen LogP contribution in [0, 0.1) is 0 Å². The van der Waals surface area contributed by atoms with Crippen molar-refractivity contribution in [1.82, 2.24) is 14.8 Å². The van der Waals surface area contributed by atoms with Crippen molar-refractivity contribution in [3.63, 3.8) is 0 Å². The van der Waals surface area contributed by atoms with Crippen LogP contribution in [0.25, 0.3) is 5.69 Å². The molecule has 0 saturated heterocycles. The smallest absolute Gasteiger partial charge is 0.106 e. The Kier molecular flexibility index (Phi) is 4.01. The fraction of sp³-hybridized carbons (Fsp3) is 0.125. The highest BCUT2D eigenvalue weighted by molar-refractivity contribution is 9.10. The van der Waals surface area contributed by atoms with Gasteiger partial charge in [-0.2, -0.15) is 5.10 Å². The van der Waals surface area contributed by atoms with Crippen molar-refractivity contribution in [3.05, 3.63) is 71.2 Å². The SMILES string of the molecule is CC(Nc1ccc(Br)nc1)c1cnn(-c2ccccc2)c1. The molecule has 5 heteroatoms. The van der Waals surface area contributed by atoms with E-state index < -0.39 is 0 Å². The van der Waals surface area contributed by atoms with E-state index in [2.05, 4.69) is 38.3 Å². The fourth-order valence-corrected chi connectivity index (χ4v) is 2.31. The van der Waals surface area contributed by atoms with Crippen LogP contribution in [0.2, 0.25) is 0 Å². The van der Waals surface area contributed by atoms with Gasteiger partial charge in [0.2, 0.25) is 0 Å². The van der Waals surface area contributed by atoms with Gasteiger partial charge in [0, 0.05) is 11.8 Å². The van der Waals surface area contributed by atoms with Gasteiger partial charge in [0.1, 0.15) is 4.60 Å². The van der Waals surface area contributed by atoms with Crippen molar-refractivity contribution < 1.29 is 0 Å². The quantitative estimate of drug-likeness (QED) is 0.722. The van der Waals surface area contributed by atoms with Gasteiger partial charge in [0.25, 0.3) is 0 Å². The molecule has 1 N–H and O–H groups in total. The number of nitrogens with zero attached hydrogens (tertiary/aromatic N) is 3. The summed E-state index contributed by atoms with van der Waals surface area (Å²) < 4.78 is 2.71. The van der Waals surface area contributed by atoms with Gasteiger partial charge in [0.15, 0.2) is 0 Å². The first-order chi connectivity index (χ1) is 10.2. The summed E-state index contributed by atoms with van der Waals surface area (Å²) in [5.74, 6) is 0. The summed E-state index contributed by atoms with van der Waals surface area (Å²) >= 11 is 3.33. The Balaban J connectivity index is 1.75. The van der Waals surface area contributed by atoms with Crippen LogP contribution in [-0.2, 0) is 0 Å². The van der Waals surface area contributed by atoms with Crippen LogP contribution in [0.15, 0.2) is 65.7 Å². The largest absolute Gasteiger partial charge is 0.377 e. The number of anilines is 1. The first-order valence-corrected chi connectivity index (χ1v) is 7.50. The summed E-state index contributed by atoms with van der Waals surface area (Å²) in [4.78, 5) is 4.21. The van der Waals surface area contributed by atoms with Crippen LogP contribution in [0.4, 0.5) is 5.69 Å². The van der Waals surface area contributed by atoms with Gasteiger partial charge in [-0.25, -0.2) is 9.67 Å². The molecule has 0 amide bonds. The Morgan fingerprint density at radius 2 is 1.90 bits per heavy atom. The molecule has 0 fully saturated rings. The van der Waals surface area contributed by atoms with E-state index in [0.717, 1.165) is 21.5 Å². The molecule has 1 unspecified atom stereocenters. The molecular weight excluding hydrogens is 328 g/mol. The zero-order valence-corrected chi connectivity index (χ0v) is 13.2. The lowest BCUT2D eigenvalue weighted by Gasteiger charge is -2.13. The van der Waals surface area contributed by atoms with Gasteiger partial charge in [-0.3, -0.25) is 0 Å². The molecular formula is C16H15BrN4. The van der Waals surface area contributed by atoms with Gasteiger partial charge in [-0.05, 0) is 47.1 Å². The number of hydrogen-bond acceptors (Lipinski definition) is 3. The maximum Gasteiger partial charge on any atom is 0.106 e. The van der Waals surface area contributed by atoms with Crippen LogP contribution < -0.4 is 5.32 Å². The average molecular weight is 343 g/mol. The third-order valence-electron chi connectivity index (χ3n) is 3.23. The molecule has 0 aliphatic rings. The molecule has 1 atom stereocenters. The van der Waals surface area contributed by atoms with Crippen molar-refractivity contribution in [1.29, 1.82) is 0 Å². The summed E-state index contributed by atoms with van der Waals surface area (Å²) in [6.07, 6.45) is 5.73. The molecule has 0 spiro atoms. The highest BCUT2D eigenvalue weighted by Gasteiger charge is 2.09. The minimum Gasteiger partial charge on any atom is -0.377 e. The lowest BCUT2D eigenvalue weighted by Crippen LogP contribution is -2.06. The molecule has 0 radical (unpaired) electrons. The lowest BCUT2D eigenvalue weighted by molar-refractivity contribution is 0.867. The molecule has 0 saturated carbocycles. The van der Waals surface area contributed by atoms with E-state index in [-0.39, 0.29) is 6.04 Å². The molecule has 3 aromatic rings. The standard InChI is InChI=1S/C16H15BrN4/c1-12(20-14-7-8-16(17)18-10-14)13-9-19-21(11-13)15-5-3-2-4-6-15/h2-12,20H,1H3. The molecule has 21 heavy (non-hydrogen) atoms. The first kappa shape index (κ1) is 13.8. The summed E-state index contributed by atoms with van der Waals surface area (Å²) in [6, 6.07) is 14.2. The monoisotopic (exact) mass is 342 g/mol. The van der Waals surface area contributed by atoms with Crippen molar-refractivity contribution in [3.8, 4) is 5.69 Å². The van der Waals surface area contributed by atoms with Crippen LogP contribution >= 0.6 is 15.9 Å². The van der Waals surface area contributed by atoms with Crippen LogP contribution in [0.3, 0.4) is 0 Å². The van der Waals surface area contributed by atoms with E-state index in [1.807, 2.05) is 65.7 Å². The van der Waals surface area contributed by atoms with Crippen molar-refractivity contribution in [2.75, 3.05) is 5.32 Å². The molecule has 0 aliphatic carbocycles. The number of hydrogen-bond donors (Lipinski definition) is 1. The van der Waals surface area contributed by atoms with Gasteiger partial charge >= 0.3 is 0 Å². The number of halogens is 1. The predicted molar refractivity (Wildman–Crippen MR) is 87.5 cm³/mol. The first-order valence-electron chi connectivity index (χ1n) is 6.70. The minimum atomic E-state index is 0.158. The average Bonchev–Trinajstić information content (AvgIpc) is 3.00. The molecule has 0 bridgehead atoms. The molecule has 1 aromatic carbocycles. The second-order valence-corrected chi connectivity index (χ2v) is 5.60. The lowest BCUT2D eigenvalue weighted by atomic mass is 10.2. The van der Waals surface area contributed by atoms with E-state index in [9.17, 15) is 0 Å². The van der Waals surface area contributed by atoms with Gasteiger partial charge in [0.05, 0.1) is 29.8 Å². The summed E-state index contributed by atoms with van der Waals surface area (Å²) in [5.41, 5.74) is 3.17. The molecule has 2 heterocycles.